The van der Waals surface area contributed by atoms with Gasteiger partial charge in [-0.1, -0.05) is 12.1 Å². The Morgan fingerprint density at radius 2 is 1.77 bits per heavy atom. The minimum atomic E-state index is -4.33. The Hall–Kier alpha value is -2.43. The normalized spacial score (nSPS) is 11.8. The molecule has 1 aromatic heterocycles. The molecule has 3 aromatic rings. The quantitative estimate of drug-likeness (QED) is 0.717. The Kier molecular flexibility index (Phi) is 3.56. The Morgan fingerprint density at radius 1 is 1.05 bits per heavy atom. The van der Waals surface area contributed by atoms with Crippen molar-refractivity contribution in [1.82, 2.24) is 4.98 Å². The van der Waals surface area contributed by atoms with Gasteiger partial charge in [-0.3, -0.25) is 0 Å². The van der Waals surface area contributed by atoms with Crippen LogP contribution >= 0.6 is 0 Å². The lowest BCUT2D eigenvalue weighted by Crippen LogP contribution is -2.04. The van der Waals surface area contributed by atoms with Crippen LogP contribution in [0.4, 0.5) is 13.2 Å². The van der Waals surface area contributed by atoms with Gasteiger partial charge in [0.15, 0.2) is 0 Å². The summed E-state index contributed by atoms with van der Waals surface area (Å²) in [5.41, 5.74) is 2.47. The van der Waals surface area contributed by atoms with Crippen molar-refractivity contribution in [3.05, 3.63) is 65.4 Å². The highest BCUT2D eigenvalue weighted by atomic mass is 19.4. The van der Waals surface area contributed by atoms with E-state index in [1.165, 1.54) is 12.1 Å². The van der Waals surface area contributed by atoms with E-state index < -0.39 is 11.7 Å². The van der Waals surface area contributed by atoms with Crippen molar-refractivity contribution in [3.63, 3.8) is 0 Å². The SMILES string of the molecule is Cc1ccc2c(COc3ccc(C(F)(F)F)cc3)c[nH]c2c1. The number of hydrogen-bond donors (Lipinski definition) is 1. The average molecular weight is 305 g/mol. The number of alkyl halides is 3. The van der Waals surface area contributed by atoms with Gasteiger partial charge in [0.25, 0.3) is 0 Å². The molecular formula is C17H14F3NO. The maximum atomic E-state index is 12.5. The van der Waals surface area contributed by atoms with Crippen LogP contribution in [0, 0.1) is 6.92 Å². The molecule has 0 saturated heterocycles. The molecule has 0 amide bonds. The second-order valence-corrected chi connectivity index (χ2v) is 5.17. The highest BCUT2D eigenvalue weighted by Gasteiger charge is 2.30. The summed E-state index contributed by atoms with van der Waals surface area (Å²) in [6, 6.07) is 10.8. The molecule has 0 spiro atoms. The molecule has 1 N–H and O–H groups in total. The summed E-state index contributed by atoms with van der Waals surface area (Å²) in [5.74, 6) is 0.412. The maximum absolute atomic E-state index is 12.5. The van der Waals surface area contributed by atoms with Gasteiger partial charge >= 0.3 is 6.18 Å². The van der Waals surface area contributed by atoms with Crippen LogP contribution in [0.1, 0.15) is 16.7 Å². The van der Waals surface area contributed by atoms with E-state index in [2.05, 4.69) is 4.98 Å². The first-order chi connectivity index (χ1) is 10.4. The fourth-order valence-corrected chi connectivity index (χ4v) is 2.32. The van der Waals surface area contributed by atoms with Gasteiger partial charge in [-0.2, -0.15) is 13.2 Å². The van der Waals surface area contributed by atoms with Crippen LogP contribution in [0.5, 0.6) is 5.75 Å². The number of rotatable bonds is 3. The fourth-order valence-electron chi connectivity index (χ4n) is 2.32. The van der Waals surface area contributed by atoms with Crippen LogP contribution in [0.25, 0.3) is 10.9 Å². The second-order valence-electron chi connectivity index (χ2n) is 5.17. The number of aromatic amines is 1. The highest BCUT2D eigenvalue weighted by Crippen LogP contribution is 2.30. The first-order valence-corrected chi connectivity index (χ1v) is 6.80. The molecule has 3 rings (SSSR count). The summed E-state index contributed by atoms with van der Waals surface area (Å²) in [5, 5.41) is 1.05. The number of nitrogens with one attached hydrogen (secondary N) is 1. The van der Waals surface area contributed by atoms with Crippen LogP contribution in [0.3, 0.4) is 0 Å². The zero-order chi connectivity index (χ0) is 15.7. The molecule has 22 heavy (non-hydrogen) atoms. The Balaban J connectivity index is 1.74. The van der Waals surface area contributed by atoms with Gasteiger partial charge in [0.2, 0.25) is 0 Å². The van der Waals surface area contributed by atoms with E-state index in [0.29, 0.717) is 12.4 Å². The molecule has 0 aliphatic heterocycles. The molecule has 0 saturated carbocycles. The fraction of sp³-hybridized carbons (Fsp3) is 0.176. The van der Waals surface area contributed by atoms with E-state index in [1.54, 1.807) is 0 Å². The minimum absolute atomic E-state index is 0.300. The third-order valence-electron chi connectivity index (χ3n) is 3.50. The van der Waals surface area contributed by atoms with Crippen LogP contribution in [-0.2, 0) is 12.8 Å². The van der Waals surface area contributed by atoms with Crippen molar-refractivity contribution < 1.29 is 17.9 Å². The largest absolute Gasteiger partial charge is 0.489 e. The molecule has 0 fully saturated rings. The van der Waals surface area contributed by atoms with E-state index in [-0.39, 0.29) is 0 Å². The van der Waals surface area contributed by atoms with Crippen LogP contribution < -0.4 is 4.74 Å². The third kappa shape index (κ3) is 2.93. The summed E-state index contributed by atoms with van der Waals surface area (Å²) in [6.07, 6.45) is -2.47. The molecular weight excluding hydrogens is 291 g/mol. The second kappa shape index (κ2) is 5.40. The predicted molar refractivity (Wildman–Crippen MR) is 78.8 cm³/mol. The standard InChI is InChI=1S/C17H14F3NO/c1-11-2-7-15-12(9-21-16(15)8-11)10-22-14-5-3-13(4-6-14)17(18,19)20/h2-9,21H,10H2,1H3. The first-order valence-electron chi connectivity index (χ1n) is 6.80. The van der Waals surface area contributed by atoms with Gasteiger partial charge in [-0.15, -0.1) is 0 Å². The van der Waals surface area contributed by atoms with E-state index in [4.69, 9.17) is 4.74 Å². The zero-order valence-electron chi connectivity index (χ0n) is 11.9. The van der Waals surface area contributed by atoms with Crippen LogP contribution in [0.15, 0.2) is 48.7 Å². The average Bonchev–Trinajstić information content (AvgIpc) is 2.87. The van der Waals surface area contributed by atoms with Gasteiger partial charge in [-0.05, 0) is 42.8 Å². The molecule has 5 heteroatoms. The van der Waals surface area contributed by atoms with E-state index in [9.17, 15) is 13.2 Å². The number of H-pyrrole nitrogens is 1. The number of benzene rings is 2. The smallest absolute Gasteiger partial charge is 0.416 e. The monoisotopic (exact) mass is 305 g/mol. The van der Waals surface area contributed by atoms with Crippen LogP contribution in [-0.4, -0.2) is 4.98 Å². The van der Waals surface area contributed by atoms with Crippen molar-refractivity contribution in [1.29, 1.82) is 0 Å². The van der Waals surface area contributed by atoms with Crippen molar-refractivity contribution in [2.24, 2.45) is 0 Å². The molecule has 1 heterocycles. The summed E-state index contributed by atoms with van der Waals surface area (Å²) < 4.78 is 43.0. The molecule has 0 radical (unpaired) electrons. The molecule has 0 aliphatic rings. The summed E-state index contributed by atoms with van der Waals surface area (Å²) in [4.78, 5) is 3.17. The van der Waals surface area contributed by atoms with E-state index in [0.717, 1.165) is 34.2 Å². The number of aromatic nitrogens is 1. The third-order valence-corrected chi connectivity index (χ3v) is 3.50. The van der Waals surface area contributed by atoms with Gasteiger partial charge < -0.3 is 9.72 Å². The summed E-state index contributed by atoms with van der Waals surface area (Å²) >= 11 is 0. The number of ether oxygens (including phenoxy) is 1. The minimum Gasteiger partial charge on any atom is -0.489 e. The molecule has 0 atom stereocenters. The van der Waals surface area contributed by atoms with Gasteiger partial charge in [-0.25, -0.2) is 0 Å². The lowest BCUT2D eigenvalue weighted by atomic mass is 10.1. The Labute approximate surface area is 125 Å². The molecule has 2 nitrogen and oxygen atoms in total. The maximum Gasteiger partial charge on any atom is 0.416 e. The Bertz CT molecular complexity index is 788. The van der Waals surface area contributed by atoms with Crippen molar-refractivity contribution in [2.45, 2.75) is 19.7 Å². The van der Waals surface area contributed by atoms with Crippen LogP contribution in [0.2, 0.25) is 0 Å². The lowest BCUT2D eigenvalue weighted by molar-refractivity contribution is -0.137. The lowest BCUT2D eigenvalue weighted by Gasteiger charge is -2.09. The molecule has 0 bridgehead atoms. The number of halogens is 3. The summed E-state index contributed by atoms with van der Waals surface area (Å²) in [7, 11) is 0. The van der Waals surface area contributed by atoms with E-state index in [1.807, 2.05) is 31.3 Å². The number of hydrogen-bond acceptors (Lipinski definition) is 1. The van der Waals surface area contributed by atoms with Gasteiger partial charge in [0.1, 0.15) is 12.4 Å². The van der Waals surface area contributed by atoms with Crippen molar-refractivity contribution >= 4 is 10.9 Å². The topological polar surface area (TPSA) is 25.0 Å². The molecule has 0 unspecified atom stereocenters. The van der Waals surface area contributed by atoms with Gasteiger partial charge in [0, 0.05) is 22.7 Å². The predicted octanol–water partition coefficient (Wildman–Crippen LogP) is 5.07. The number of fused-ring (bicyclic) bond motifs is 1. The molecule has 0 aliphatic carbocycles. The molecule has 114 valence electrons. The van der Waals surface area contributed by atoms with E-state index >= 15 is 0 Å². The van der Waals surface area contributed by atoms with Crippen molar-refractivity contribution in [2.75, 3.05) is 0 Å². The number of aryl methyl sites for hydroxylation is 1. The van der Waals surface area contributed by atoms with Gasteiger partial charge in [0.05, 0.1) is 5.56 Å². The summed E-state index contributed by atoms with van der Waals surface area (Å²) in [6.45, 7) is 2.31. The first kappa shape index (κ1) is 14.5. The molecule has 2 aromatic carbocycles. The van der Waals surface area contributed by atoms with Crippen molar-refractivity contribution in [3.8, 4) is 5.75 Å². The Morgan fingerprint density at radius 3 is 2.45 bits per heavy atom. The highest BCUT2D eigenvalue weighted by molar-refractivity contribution is 5.83. The zero-order valence-corrected chi connectivity index (χ0v) is 11.9.